The van der Waals surface area contributed by atoms with Crippen molar-refractivity contribution in [3.05, 3.63) is 30.1 Å². The fraction of sp³-hybridized carbons (Fsp3) is 0.562. The van der Waals surface area contributed by atoms with E-state index < -0.39 is 5.54 Å². The van der Waals surface area contributed by atoms with E-state index in [0.29, 0.717) is 5.25 Å². The minimum atomic E-state index is -0.570. The number of esters is 1. The summed E-state index contributed by atoms with van der Waals surface area (Å²) in [7, 11) is 1.44. The van der Waals surface area contributed by atoms with Gasteiger partial charge in [-0.05, 0) is 56.5 Å². The lowest BCUT2D eigenvalue weighted by Crippen LogP contribution is -2.55. The van der Waals surface area contributed by atoms with Gasteiger partial charge in [-0.25, -0.2) is 4.39 Å². The lowest BCUT2D eigenvalue weighted by atomic mass is 9.81. The molecule has 0 amide bonds. The van der Waals surface area contributed by atoms with E-state index in [-0.39, 0.29) is 11.8 Å². The fourth-order valence-corrected chi connectivity index (χ4v) is 4.31. The molecular weight excluding hydrogens is 289 g/mol. The molecule has 1 aromatic carbocycles. The number of thioether (sulfide) groups is 1. The molecule has 116 valence electrons. The number of ether oxygens (including phenoxy) is 1. The Morgan fingerprint density at radius 3 is 2.81 bits per heavy atom. The van der Waals surface area contributed by atoms with E-state index >= 15 is 0 Å². The number of methoxy groups -OCH3 is 1. The lowest BCUT2D eigenvalue weighted by molar-refractivity contribution is -0.150. The van der Waals surface area contributed by atoms with Gasteiger partial charge in [0.1, 0.15) is 11.4 Å². The number of likely N-dealkylation sites (N-methyl/N-ethyl adjacent to an activating group) is 1. The van der Waals surface area contributed by atoms with Crippen LogP contribution >= 0.6 is 11.8 Å². The van der Waals surface area contributed by atoms with E-state index in [1.165, 1.54) is 19.2 Å². The Hall–Kier alpha value is -1.07. The number of nitrogens with one attached hydrogen (secondary N) is 1. The van der Waals surface area contributed by atoms with Crippen LogP contribution < -0.4 is 5.32 Å². The highest BCUT2D eigenvalue weighted by Gasteiger charge is 2.43. The molecular formula is C16H22FNO2S. The molecule has 2 rings (SSSR count). The van der Waals surface area contributed by atoms with Crippen LogP contribution in [0.1, 0.15) is 32.6 Å². The number of carbonyl (C=O) groups excluding carboxylic acids is 1. The van der Waals surface area contributed by atoms with Gasteiger partial charge in [-0.3, -0.25) is 4.79 Å². The van der Waals surface area contributed by atoms with Gasteiger partial charge in [0.25, 0.3) is 0 Å². The molecule has 1 N–H and O–H groups in total. The zero-order valence-electron chi connectivity index (χ0n) is 12.5. The van der Waals surface area contributed by atoms with E-state index in [9.17, 15) is 9.18 Å². The first-order valence-electron chi connectivity index (χ1n) is 7.35. The number of benzene rings is 1. The van der Waals surface area contributed by atoms with Gasteiger partial charge < -0.3 is 10.1 Å². The van der Waals surface area contributed by atoms with Gasteiger partial charge in [-0.15, -0.1) is 11.8 Å². The molecule has 0 radical (unpaired) electrons. The zero-order chi connectivity index (χ0) is 15.3. The van der Waals surface area contributed by atoms with E-state index in [4.69, 9.17) is 4.74 Å². The zero-order valence-corrected chi connectivity index (χ0v) is 13.3. The number of hydrogen-bond acceptors (Lipinski definition) is 4. The van der Waals surface area contributed by atoms with Gasteiger partial charge in [0.2, 0.25) is 0 Å². The summed E-state index contributed by atoms with van der Waals surface area (Å²) in [6.07, 6.45) is 3.61. The summed E-state index contributed by atoms with van der Waals surface area (Å²) in [5, 5.41) is 3.66. The van der Waals surface area contributed by atoms with Crippen molar-refractivity contribution in [2.24, 2.45) is 0 Å². The molecule has 0 bridgehead atoms. The first-order chi connectivity index (χ1) is 10.1. The van der Waals surface area contributed by atoms with Crippen molar-refractivity contribution in [3.8, 4) is 0 Å². The maximum absolute atomic E-state index is 13.0. The van der Waals surface area contributed by atoms with Crippen LogP contribution in [0, 0.1) is 5.82 Å². The Morgan fingerprint density at radius 2 is 2.19 bits per heavy atom. The third-order valence-corrected chi connectivity index (χ3v) is 5.19. The standard InChI is InChI=1S/C16H22FNO2S/c1-3-18-16(15(19)20-2)10-4-5-14(11-16)21-13-8-6-12(17)7-9-13/h6-9,14,18H,3-5,10-11H2,1-2H3. The third-order valence-electron chi connectivity index (χ3n) is 3.91. The molecule has 2 atom stereocenters. The summed E-state index contributed by atoms with van der Waals surface area (Å²) in [5.74, 6) is -0.395. The van der Waals surface area contributed by atoms with Crippen molar-refractivity contribution in [1.82, 2.24) is 5.32 Å². The van der Waals surface area contributed by atoms with Gasteiger partial charge in [-0.2, -0.15) is 0 Å². The molecule has 0 spiro atoms. The van der Waals surface area contributed by atoms with Crippen molar-refractivity contribution in [1.29, 1.82) is 0 Å². The van der Waals surface area contributed by atoms with Crippen LogP contribution in [-0.4, -0.2) is 30.4 Å². The molecule has 1 fully saturated rings. The second kappa shape index (κ2) is 7.27. The molecule has 5 heteroatoms. The molecule has 2 unspecified atom stereocenters. The Kier molecular flexibility index (Phi) is 5.65. The maximum Gasteiger partial charge on any atom is 0.326 e. The quantitative estimate of drug-likeness (QED) is 0.846. The van der Waals surface area contributed by atoms with E-state index in [2.05, 4.69) is 5.32 Å². The Bertz CT molecular complexity index is 476. The van der Waals surface area contributed by atoms with Gasteiger partial charge in [-0.1, -0.05) is 6.92 Å². The van der Waals surface area contributed by atoms with Crippen molar-refractivity contribution >= 4 is 17.7 Å². The second-order valence-electron chi connectivity index (χ2n) is 5.39. The number of rotatable bonds is 5. The topological polar surface area (TPSA) is 38.3 Å². The fourth-order valence-electron chi connectivity index (χ4n) is 2.98. The molecule has 0 aromatic heterocycles. The van der Waals surface area contributed by atoms with Crippen LogP contribution in [-0.2, 0) is 9.53 Å². The largest absolute Gasteiger partial charge is 0.468 e. The predicted molar refractivity (Wildman–Crippen MR) is 82.9 cm³/mol. The van der Waals surface area contributed by atoms with Crippen LogP contribution in [0.25, 0.3) is 0 Å². The van der Waals surface area contributed by atoms with Crippen molar-refractivity contribution in [3.63, 3.8) is 0 Å². The Labute approximate surface area is 129 Å². The SMILES string of the molecule is CCNC1(C(=O)OC)CCCC(Sc2ccc(F)cc2)C1. The predicted octanol–water partition coefficient (Wildman–Crippen LogP) is 3.38. The van der Waals surface area contributed by atoms with E-state index in [1.807, 2.05) is 6.92 Å². The maximum atomic E-state index is 13.0. The normalized spacial score (nSPS) is 25.6. The second-order valence-corrected chi connectivity index (χ2v) is 6.77. The van der Waals surface area contributed by atoms with E-state index in [1.54, 1.807) is 23.9 Å². The van der Waals surface area contributed by atoms with Crippen molar-refractivity contribution < 1.29 is 13.9 Å². The molecule has 0 aliphatic heterocycles. The van der Waals surface area contributed by atoms with Crippen LogP contribution in [0.15, 0.2) is 29.2 Å². The van der Waals surface area contributed by atoms with Crippen molar-refractivity contribution in [2.75, 3.05) is 13.7 Å². The summed E-state index contributed by atoms with van der Waals surface area (Å²) >= 11 is 1.71. The summed E-state index contributed by atoms with van der Waals surface area (Å²) < 4.78 is 18.0. The number of hydrogen-bond donors (Lipinski definition) is 1. The van der Waals surface area contributed by atoms with Gasteiger partial charge in [0.15, 0.2) is 0 Å². The van der Waals surface area contributed by atoms with Crippen molar-refractivity contribution in [2.45, 2.75) is 48.3 Å². The molecule has 1 saturated carbocycles. The lowest BCUT2D eigenvalue weighted by Gasteiger charge is -2.39. The minimum absolute atomic E-state index is 0.172. The molecule has 0 saturated heterocycles. The average Bonchev–Trinajstić information content (AvgIpc) is 2.49. The highest BCUT2D eigenvalue weighted by Crippen LogP contribution is 2.38. The number of halogens is 1. The highest BCUT2D eigenvalue weighted by molar-refractivity contribution is 8.00. The van der Waals surface area contributed by atoms with Gasteiger partial charge >= 0.3 is 5.97 Å². The molecule has 1 aliphatic rings. The first kappa shape index (κ1) is 16.3. The Morgan fingerprint density at radius 1 is 1.48 bits per heavy atom. The van der Waals surface area contributed by atoms with Crippen LogP contribution in [0.3, 0.4) is 0 Å². The molecule has 0 heterocycles. The molecule has 21 heavy (non-hydrogen) atoms. The van der Waals surface area contributed by atoms with Gasteiger partial charge in [0.05, 0.1) is 7.11 Å². The monoisotopic (exact) mass is 311 g/mol. The van der Waals surface area contributed by atoms with Crippen LogP contribution in [0.5, 0.6) is 0 Å². The summed E-state index contributed by atoms with van der Waals surface area (Å²) in [6, 6.07) is 6.54. The molecule has 3 nitrogen and oxygen atoms in total. The van der Waals surface area contributed by atoms with E-state index in [0.717, 1.165) is 37.1 Å². The van der Waals surface area contributed by atoms with Gasteiger partial charge in [0, 0.05) is 10.1 Å². The summed E-state index contributed by atoms with van der Waals surface area (Å²) in [4.78, 5) is 13.2. The van der Waals surface area contributed by atoms with Crippen LogP contribution in [0.2, 0.25) is 0 Å². The summed E-state index contributed by atoms with van der Waals surface area (Å²) in [5.41, 5.74) is -0.570. The Balaban J connectivity index is 2.07. The summed E-state index contributed by atoms with van der Waals surface area (Å²) in [6.45, 7) is 2.74. The molecule has 1 aromatic rings. The average molecular weight is 311 g/mol. The minimum Gasteiger partial charge on any atom is -0.468 e. The highest BCUT2D eigenvalue weighted by atomic mass is 32.2. The molecule has 1 aliphatic carbocycles. The third kappa shape index (κ3) is 3.98. The smallest absolute Gasteiger partial charge is 0.326 e. The van der Waals surface area contributed by atoms with Crippen LogP contribution in [0.4, 0.5) is 4.39 Å². The first-order valence-corrected chi connectivity index (χ1v) is 8.23. The number of carbonyl (C=O) groups is 1.